The number of nitrogens with one attached hydrogen (secondary N) is 2. The molecule has 0 aliphatic carbocycles. The Hall–Kier alpha value is -5.34. The second-order valence-corrected chi connectivity index (χ2v) is 9.45. The summed E-state index contributed by atoms with van der Waals surface area (Å²) < 4.78 is 5.83. The quantitative estimate of drug-likeness (QED) is 0.118. The van der Waals surface area contributed by atoms with E-state index in [1.807, 2.05) is 48.5 Å². The summed E-state index contributed by atoms with van der Waals surface area (Å²) >= 11 is 5.34. The van der Waals surface area contributed by atoms with Crippen LogP contribution in [0.25, 0.3) is 17.0 Å². The smallest absolute Gasteiger partial charge is 0.270 e. The number of carbonyl (C=O) groups is 3. The maximum atomic E-state index is 13.6. The van der Waals surface area contributed by atoms with Gasteiger partial charge in [0.1, 0.15) is 17.1 Å². The first-order chi connectivity index (χ1) is 19.5. The first kappa shape index (κ1) is 25.0. The van der Waals surface area contributed by atoms with Crippen LogP contribution in [-0.2, 0) is 9.59 Å². The van der Waals surface area contributed by atoms with E-state index in [4.69, 9.17) is 17.0 Å². The highest BCUT2D eigenvalue weighted by atomic mass is 32.1. The normalized spacial score (nSPS) is 14.4. The summed E-state index contributed by atoms with van der Waals surface area (Å²) in [5.41, 5.74) is 2.83. The Morgan fingerprint density at radius 2 is 1.48 bits per heavy atom. The van der Waals surface area contributed by atoms with Gasteiger partial charge in [0.15, 0.2) is 10.9 Å². The molecule has 6 rings (SSSR count). The molecule has 2 N–H and O–H groups in total. The topological polar surface area (TPSA) is 91.5 Å². The standard InChI is InChI=1S/C32H21N3O4S/c36-29(20-7-3-1-4-8-20)21-11-16-28-26(17-21)22(19-33-28)18-27-30(37)34-32(40)35(31(27)38)23-12-14-25(15-13-23)39-24-9-5-2-6-10-24/h1-19,33H,(H,34,37,40)/b27-18-. The fourth-order valence-electron chi connectivity index (χ4n) is 4.49. The molecular formula is C32H21N3O4S. The Morgan fingerprint density at radius 3 is 2.20 bits per heavy atom. The average molecular weight is 544 g/mol. The van der Waals surface area contributed by atoms with Gasteiger partial charge in [0, 0.05) is 33.8 Å². The van der Waals surface area contributed by atoms with Crippen LogP contribution in [0.4, 0.5) is 5.69 Å². The van der Waals surface area contributed by atoms with E-state index in [0.29, 0.717) is 39.3 Å². The van der Waals surface area contributed by atoms with E-state index in [2.05, 4.69) is 10.3 Å². The van der Waals surface area contributed by atoms with Crippen LogP contribution in [0.5, 0.6) is 11.5 Å². The third kappa shape index (κ3) is 4.79. The molecule has 1 aromatic heterocycles. The summed E-state index contributed by atoms with van der Waals surface area (Å²) in [6.45, 7) is 0. The fourth-order valence-corrected chi connectivity index (χ4v) is 4.78. The molecule has 5 aromatic rings. The summed E-state index contributed by atoms with van der Waals surface area (Å²) in [6, 6.07) is 30.5. The zero-order chi connectivity index (χ0) is 27.6. The molecule has 40 heavy (non-hydrogen) atoms. The molecule has 0 saturated carbocycles. The van der Waals surface area contributed by atoms with E-state index in [1.165, 1.54) is 11.0 Å². The van der Waals surface area contributed by atoms with Crippen LogP contribution in [0.15, 0.2) is 115 Å². The highest BCUT2D eigenvalue weighted by molar-refractivity contribution is 7.80. The van der Waals surface area contributed by atoms with Crippen molar-refractivity contribution in [1.82, 2.24) is 10.3 Å². The van der Waals surface area contributed by atoms with Gasteiger partial charge in [0.2, 0.25) is 0 Å². The number of amides is 2. The second-order valence-electron chi connectivity index (χ2n) is 9.07. The Kier molecular flexibility index (Phi) is 6.51. The van der Waals surface area contributed by atoms with E-state index in [0.717, 1.165) is 5.52 Å². The Morgan fingerprint density at radius 1 is 0.800 bits per heavy atom. The molecule has 2 amide bonds. The molecule has 0 spiro atoms. The van der Waals surface area contributed by atoms with Gasteiger partial charge in [0.25, 0.3) is 11.8 Å². The van der Waals surface area contributed by atoms with Crippen molar-refractivity contribution in [2.45, 2.75) is 0 Å². The molecular weight excluding hydrogens is 522 g/mol. The third-order valence-electron chi connectivity index (χ3n) is 6.49. The van der Waals surface area contributed by atoms with E-state index in [1.54, 1.807) is 60.8 Å². The lowest BCUT2D eigenvalue weighted by molar-refractivity contribution is -0.122. The van der Waals surface area contributed by atoms with Gasteiger partial charge < -0.3 is 9.72 Å². The minimum atomic E-state index is -0.596. The first-order valence-electron chi connectivity index (χ1n) is 12.4. The van der Waals surface area contributed by atoms with Crippen molar-refractivity contribution in [3.63, 3.8) is 0 Å². The van der Waals surface area contributed by atoms with Crippen LogP contribution in [0.2, 0.25) is 0 Å². The Bertz CT molecular complexity index is 1810. The molecule has 1 fully saturated rings. The van der Waals surface area contributed by atoms with Crippen LogP contribution < -0.4 is 15.0 Å². The maximum absolute atomic E-state index is 13.6. The summed E-state index contributed by atoms with van der Waals surface area (Å²) in [6.07, 6.45) is 3.21. The zero-order valence-corrected chi connectivity index (χ0v) is 21.8. The van der Waals surface area contributed by atoms with Crippen LogP contribution >= 0.6 is 12.2 Å². The molecule has 4 aromatic carbocycles. The average Bonchev–Trinajstić information content (AvgIpc) is 3.38. The van der Waals surface area contributed by atoms with Gasteiger partial charge in [-0.3, -0.25) is 24.6 Å². The number of rotatable bonds is 6. The lowest BCUT2D eigenvalue weighted by Crippen LogP contribution is -2.54. The highest BCUT2D eigenvalue weighted by Crippen LogP contribution is 2.29. The van der Waals surface area contributed by atoms with Crippen LogP contribution in [0.1, 0.15) is 21.5 Å². The van der Waals surface area contributed by atoms with Gasteiger partial charge in [-0.15, -0.1) is 0 Å². The SMILES string of the molecule is O=C1NC(=S)N(c2ccc(Oc3ccccc3)cc2)C(=O)/C1=C\c1c[nH]c2ccc(C(=O)c3ccccc3)cc12. The highest BCUT2D eigenvalue weighted by Gasteiger charge is 2.34. The second kappa shape index (κ2) is 10.4. The summed E-state index contributed by atoms with van der Waals surface area (Å²) in [5.74, 6) is -0.00284. The number of para-hydroxylation sites is 1. The molecule has 0 radical (unpaired) electrons. The number of aromatic nitrogens is 1. The van der Waals surface area contributed by atoms with Gasteiger partial charge in [-0.25, -0.2) is 0 Å². The van der Waals surface area contributed by atoms with Gasteiger partial charge in [-0.2, -0.15) is 0 Å². The monoisotopic (exact) mass is 543 g/mol. The molecule has 0 unspecified atom stereocenters. The molecule has 1 saturated heterocycles. The molecule has 2 heterocycles. The fraction of sp³-hybridized carbons (Fsp3) is 0. The summed E-state index contributed by atoms with van der Waals surface area (Å²) in [4.78, 5) is 43.8. The van der Waals surface area contributed by atoms with E-state index < -0.39 is 11.8 Å². The number of H-pyrrole nitrogens is 1. The summed E-state index contributed by atoms with van der Waals surface area (Å²) in [7, 11) is 0. The van der Waals surface area contributed by atoms with Crippen molar-refractivity contribution in [3.8, 4) is 11.5 Å². The number of anilines is 1. The minimum Gasteiger partial charge on any atom is -0.457 e. The Balaban J connectivity index is 1.30. The van der Waals surface area contributed by atoms with Crippen LogP contribution in [0.3, 0.4) is 0 Å². The number of ether oxygens (including phenoxy) is 1. The summed E-state index contributed by atoms with van der Waals surface area (Å²) in [5, 5.41) is 3.30. The van der Waals surface area contributed by atoms with Crippen LogP contribution in [0, 0.1) is 0 Å². The van der Waals surface area contributed by atoms with E-state index in [-0.39, 0.29) is 16.5 Å². The Labute approximate surface area is 234 Å². The molecule has 194 valence electrons. The lowest BCUT2D eigenvalue weighted by atomic mass is 10.00. The number of fused-ring (bicyclic) bond motifs is 1. The maximum Gasteiger partial charge on any atom is 0.270 e. The predicted octanol–water partition coefficient (Wildman–Crippen LogP) is 6.02. The van der Waals surface area contributed by atoms with Gasteiger partial charge >= 0.3 is 0 Å². The van der Waals surface area contributed by atoms with Crippen molar-refractivity contribution >= 4 is 57.6 Å². The van der Waals surface area contributed by atoms with Crippen LogP contribution in [-0.4, -0.2) is 27.7 Å². The predicted molar refractivity (Wildman–Crippen MR) is 157 cm³/mol. The lowest BCUT2D eigenvalue weighted by Gasteiger charge is -2.29. The molecule has 7 nitrogen and oxygen atoms in total. The number of ketones is 1. The number of thiocarbonyl (C=S) groups is 1. The molecule has 8 heteroatoms. The van der Waals surface area contributed by atoms with Crippen molar-refractivity contribution in [3.05, 3.63) is 132 Å². The minimum absolute atomic E-state index is 0.0152. The van der Waals surface area contributed by atoms with E-state index >= 15 is 0 Å². The van der Waals surface area contributed by atoms with Crippen molar-refractivity contribution < 1.29 is 19.1 Å². The number of hydrogen-bond donors (Lipinski definition) is 2. The van der Waals surface area contributed by atoms with Gasteiger partial charge in [-0.1, -0.05) is 48.5 Å². The van der Waals surface area contributed by atoms with E-state index in [9.17, 15) is 14.4 Å². The number of nitrogens with zero attached hydrogens (tertiary/aromatic N) is 1. The molecule has 0 atom stereocenters. The molecule has 0 bridgehead atoms. The first-order valence-corrected chi connectivity index (χ1v) is 12.8. The van der Waals surface area contributed by atoms with Gasteiger partial charge in [0.05, 0.1) is 5.69 Å². The van der Waals surface area contributed by atoms with Crippen molar-refractivity contribution in [1.29, 1.82) is 0 Å². The largest absolute Gasteiger partial charge is 0.457 e. The number of aromatic amines is 1. The third-order valence-corrected chi connectivity index (χ3v) is 6.77. The van der Waals surface area contributed by atoms with Crippen molar-refractivity contribution in [2.75, 3.05) is 4.90 Å². The molecule has 1 aliphatic heterocycles. The van der Waals surface area contributed by atoms with Gasteiger partial charge in [-0.05, 0) is 72.9 Å². The number of hydrogen-bond acceptors (Lipinski definition) is 5. The number of benzene rings is 4. The molecule has 1 aliphatic rings. The number of carbonyl (C=O) groups excluding carboxylic acids is 3. The van der Waals surface area contributed by atoms with Crippen molar-refractivity contribution in [2.24, 2.45) is 0 Å². The zero-order valence-electron chi connectivity index (χ0n) is 21.0.